The maximum absolute atomic E-state index is 12.7. The van der Waals surface area contributed by atoms with Crippen molar-refractivity contribution in [3.8, 4) is 5.75 Å². The molecule has 9 heteroatoms. The zero-order chi connectivity index (χ0) is 24.1. The molecule has 0 aliphatic carbocycles. The summed E-state index contributed by atoms with van der Waals surface area (Å²) in [5.74, 6) is -0.607. The lowest BCUT2D eigenvalue weighted by molar-refractivity contribution is -0.127. The third-order valence-corrected chi connectivity index (χ3v) is 6.15. The highest BCUT2D eigenvalue weighted by Gasteiger charge is 2.35. The number of benzene rings is 3. The van der Waals surface area contributed by atoms with Gasteiger partial charge in [0.05, 0.1) is 12.8 Å². The van der Waals surface area contributed by atoms with Crippen molar-refractivity contribution >= 4 is 53.0 Å². The third-order valence-electron chi connectivity index (χ3n) is 4.89. The van der Waals surface area contributed by atoms with Gasteiger partial charge >= 0.3 is 6.03 Å². The molecule has 0 aromatic heterocycles. The SMILES string of the molecule is COc1ccccc1NC(=O)CN1C(=O)N/C(=C/c2ccc(Sc3ccc(Cl)cc3)cc2)C1=O. The molecule has 7 nitrogen and oxygen atoms in total. The number of urea groups is 1. The van der Waals surface area contributed by atoms with Gasteiger partial charge in [-0.2, -0.15) is 0 Å². The number of amides is 4. The van der Waals surface area contributed by atoms with Crippen molar-refractivity contribution in [2.45, 2.75) is 9.79 Å². The van der Waals surface area contributed by atoms with Crippen LogP contribution in [-0.2, 0) is 9.59 Å². The highest BCUT2D eigenvalue weighted by Crippen LogP contribution is 2.29. The van der Waals surface area contributed by atoms with Crippen LogP contribution in [0.3, 0.4) is 0 Å². The molecule has 1 saturated heterocycles. The van der Waals surface area contributed by atoms with Crippen LogP contribution in [0.5, 0.6) is 5.75 Å². The topological polar surface area (TPSA) is 87.7 Å². The van der Waals surface area contributed by atoms with Gasteiger partial charge in [0.2, 0.25) is 5.91 Å². The molecule has 3 aromatic carbocycles. The van der Waals surface area contributed by atoms with E-state index in [0.717, 1.165) is 20.3 Å². The second kappa shape index (κ2) is 10.5. The number of halogens is 1. The average molecular weight is 494 g/mol. The van der Waals surface area contributed by atoms with Crippen molar-refractivity contribution in [1.82, 2.24) is 10.2 Å². The van der Waals surface area contributed by atoms with Crippen LogP contribution in [0.1, 0.15) is 5.56 Å². The van der Waals surface area contributed by atoms with Crippen LogP contribution in [0, 0.1) is 0 Å². The van der Waals surface area contributed by atoms with Crippen molar-refractivity contribution in [3.05, 3.63) is 89.1 Å². The number of imide groups is 1. The molecule has 4 rings (SSSR count). The number of carbonyl (C=O) groups excluding carboxylic acids is 3. The van der Waals surface area contributed by atoms with E-state index < -0.39 is 24.4 Å². The Balaban J connectivity index is 1.40. The average Bonchev–Trinajstić information content (AvgIpc) is 3.09. The number of para-hydroxylation sites is 2. The highest BCUT2D eigenvalue weighted by atomic mass is 35.5. The van der Waals surface area contributed by atoms with E-state index in [1.807, 2.05) is 48.5 Å². The summed E-state index contributed by atoms with van der Waals surface area (Å²) in [6, 6.07) is 21.3. The van der Waals surface area contributed by atoms with Gasteiger partial charge in [-0.3, -0.25) is 9.59 Å². The largest absolute Gasteiger partial charge is 0.495 e. The summed E-state index contributed by atoms with van der Waals surface area (Å²) in [4.78, 5) is 40.4. The maximum Gasteiger partial charge on any atom is 0.329 e. The van der Waals surface area contributed by atoms with Crippen LogP contribution < -0.4 is 15.4 Å². The predicted octanol–water partition coefficient (Wildman–Crippen LogP) is 5.03. The Kier molecular flexibility index (Phi) is 7.20. The minimum Gasteiger partial charge on any atom is -0.495 e. The molecule has 3 aromatic rings. The molecule has 172 valence electrons. The number of anilines is 1. The number of nitrogens with one attached hydrogen (secondary N) is 2. The van der Waals surface area contributed by atoms with E-state index in [0.29, 0.717) is 16.5 Å². The molecule has 0 unspecified atom stereocenters. The lowest BCUT2D eigenvalue weighted by atomic mass is 10.2. The van der Waals surface area contributed by atoms with Crippen molar-refractivity contribution in [3.63, 3.8) is 0 Å². The van der Waals surface area contributed by atoms with Crippen LogP contribution >= 0.6 is 23.4 Å². The first-order chi connectivity index (χ1) is 16.4. The standard InChI is InChI=1S/C25H20ClN3O4S/c1-33-22-5-3-2-4-20(22)27-23(30)15-29-24(31)21(28-25(29)32)14-16-6-10-18(11-7-16)34-19-12-8-17(26)9-13-19/h2-14H,15H2,1H3,(H,27,30)(H,28,32)/b21-14+. The normalized spacial score (nSPS) is 14.3. The summed E-state index contributed by atoms with van der Waals surface area (Å²) < 4.78 is 5.20. The molecule has 2 N–H and O–H groups in total. The summed E-state index contributed by atoms with van der Waals surface area (Å²) in [7, 11) is 1.49. The Bertz CT molecular complexity index is 1260. The Labute approximate surface area is 205 Å². The second-order valence-electron chi connectivity index (χ2n) is 7.25. The fourth-order valence-electron chi connectivity index (χ4n) is 3.23. The van der Waals surface area contributed by atoms with Crippen molar-refractivity contribution in [1.29, 1.82) is 0 Å². The molecule has 0 radical (unpaired) electrons. The molecule has 0 atom stereocenters. The monoisotopic (exact) mass is 493 g/mol. The van der Waals surface area contributed by atoms with E-state index in [4.69, 9.17) is 16.3 Å². The molecule has 1 fully saturated rings. The lowest BCUT2D eigenvalue weighted by Gasteiger charge is -2.13. The van der Waals surface area contributed by atoms with E-state index in [2.05, 4.69) is 10.6 Å². The van der Waals surface area contributed by atoms with Gasteiger partial charge in [-0.15, -0.1) is 0 Å². The van der Waals surface area contributed by atoms with E-state index >= 15 is 0 Å². The molecule has 1 aliphatic heterocycles. The van der Waals surface area contributed by atoms with Gasteiger partial charge in [0.25, 0.3) is 5.91 Å². The number of ether oxygens (including phenoxy) is 1. The molecule has 4 amide bonds. The van der Waals surface area contributed by atoms with Crippen LogP contribution in [-0.4, -0.2) is 36.4 Å². The van der Waals surface area contributed by atoms with Gasteiger partial charge in [-0.1, -0.05) is 47.6 Å². The number of hydrogen-bond donors (Lipinski definition) is 2. The quantitative estimate of drug-likeness (QED) is 0.356. The summed E-state index contributed by atoms with van der Waals surface area (Å²) in [5, 5.41) is 5.87. The lowest BCUT2D eigenvalue weighted by Crippen LogP contribution is -2.38. The first kappa shape index (κ1) is 23.4. The highest BCUT2D eigenvalue weighted by molar-refractivity contribution is 7.99. The minimum atomic E-state index is -0.652. The summed E-state index contributed by atoms with van der Waals surface area (Å²) in [5.41, 5.74) is 1.30. The van der Waals surface area contributed by atoms with Crippen LogP contribution in [0.2, 0.25) is 5.02 Å². The summed E-state index contributed by atoms with van der Waals surface area (Å²) >= 11 is 7.50. The molecular formula is C25H20ClN3O4S. The van der Waals surface area contributed by atoms with Crippen LogP contribution in [0.15, 0.2) is 88.3 Å². The molecule has 0 saturated carbocycles. The Morgan fingerprint density at radius 3 is 2.35 bits per heavy atom. The number of rotatable bonds is 7. The smallest absolute Gasteiger partial charge is 0.329 e. The third kappa shape index (κ3) is 5.59. The predicted molar refractivity (Wildman–Crippen MR) is 132 cm³/mol. The summed E-state index contributed by atoms with van der Waals surface area (Å²) in [6.45, 7) is -0.420. The van der Waals surface area contributed by atoms with E-state index in [1.54, 1.807) is 42.1 Å². The van der Waals surface area contributed by atoms with Crippen molar-refractivity contribution in [2.75, 3.05) is 19.0 Å². The zero-order valence-electron chi connectivity index (χ0n) is 18.1. The van der Waals surface area contributed by atoms with Gasteiger partial charge in [0.1, 0.15) is 18.0 Å². The fraction of sp³-hybridized carbons (Fsp3) is 0.0800. The fourth-order valence-corrected chi connectivity index (χ4v) is 4.18. The number of methoxy groups -OCH3 is 1. The van der Waals surface area contributed by atoms with Gasteiger partial charge in [-0.25, -0.2) is 9.69 Å². The van der Waals surface area contributed by atoms with Crippen molar-refractivity contribution < 1.29 is 19.1 Å². The first-order valence-corrected chi connectivity index (χ1v) is 11.4. The first-order valence-electron chi connectivity index (χ1n) is 10.2. The number of carbonyl (C=O) groups is 3. The van der Waals surface area contributed by atoms with Crippen LogP contribution in [0.25, 0.3) is 6.08 Å². The van der Waals surface area contributed by atoms with E-state index in [-0.39, 0.29) is 5.70 Å². The molecule has 34 heavy (non-hydrogen) atoms. The van der Waals surface area contributed by atoms with Gasteiger partial charge in [0, 0.05) is 14.8 Å². The molecule has 1 heterocycles. The maximum atomic E-state index is 12.7. The van der Waals surface area contributed by atoms with Crippen LogP contribution in [0.4, 0.5) is 10.5 Å². The zero-order valence-corrected chi connectivity index (χ0v) is 19.7. The minimum absolute atomic E-state index is 0.105. The van der Waals surface area contributed by atoms with Gasteiger partial charge in [0.15, 0.2) is 0 Å². The Morgan fingerprint density at radius 2 is 1.68 bits per heavy atom. The molecular weight excluding hydrogens is 474 g/mol. The summed E-state index contributed by atoms with van der Waals surface area (Å²) in [6.07, 6.45) is 1.58. The Hall–Kier alpha value is -3.75. The van der Waals surface area contributed by atoms with E-state index in [1.165, 1.54) is 7.11 Å². The molecule has 1 aliphatic rings. The second-order valence-corrected chi connectivity index (χ2v) is 8.84. The van der Waals surface area contributed by atoms with Crippen molar-refractivity contribution in [2.24, 2.45) is 0 Å². The number of nitrogens with zero attached hydrogens (tertiary/aromatic N) is 1. The van der Waals surface area contributed by atoms with Gasteiger partial charge < -0.3 is 15.4 Å². The molecule has 0 bridgehead atoms. The number of hydrogen-bond acceptors (Lipinski definition) is 5. The molecule has 0 spiro atoms. The van der Waals surface area contributed by atoms with Gasteiger partial charge in [-0.05, 0) is 60.2 Å². The Morgan fingerprint density at radius 1 is 1.03 bits per heavy atom. The van der Waals surface area contributed by atoms with E-state index in [9.17, 15) is 14.4 Å².